The van der Waals surface area contributed by atoms with Gasteiger partial charge >= 0.3 is 0 Å². The zero-order valence-electron chi connectivity index (χ0n) is 12.5. The first-order valence-electron chi connectivity index (χ1n) is 7.00. The first kappa shape index (κ1) is 16.3. The molecule has 2 N–H and O–H groups in total. The molecule has 0 radical (unpaired) electrons. The van der Waals surface area contributed by atoms with Crippen LogP contribution in [-0.2, 0) is 27.9 Å². The van der Waals surface area contributed by atoms with Crippen LogP contribution in [0.5, 0.6) is 0 Å². The summed E-state index contributed by atoms with van der Waals surface area (Å²) in [5.74, 6) is 2.52. The number of rotatable bonds is 5. The molecule has 0 saturated carbocycles. The van der Waals surface area contributed by atoms with E-state index in [1.54, 1.807) is 23.0 Å². The molecule has 0 aliphatic heterocycles. The van der Waals surface area contributed by atoms with Crippen LogP contribution < -0.4 is 5.32 Å². The van der Waals surface area contributed by atoms with Crippen molar-refractivity contribution in [3.63, 3.8) is 0 Å². The van der Waals surface area contributed by atoms with Crippen LogP contribution in [-0.4, -0.2) is 14.8 Å². The van der Waals surface area contributed by atoms with Crippen molar-refractivity contribution in [2.24, 2.45) is 0 Å². The first-order valence-corrected chi connectivity index (χ1v) is 8.53. The van der Waals surface area contributed by atoms with E-state index in [0.29, 0.717) is 28.8 Å². The summed E-state index contributed by atoms with van der Waals surface area (Å²) >= 11 is 6.22. The molecule has 0 aliphatic rings. The molecule has 0 saturated heterocycles. The number of halogens is 1. The molecular weight excluding hydrogens is 346 g/mol. The van der Waals surface area contributed by atoms with Crippen LogP contribution in [0.2, 0.25) is 5.15 Å². The lowest BCUT2D eigenvalue weighted by Gasteiger charge is -2.09. The summed E-state index contributed by atoms with van der Waals surface area (Å²) in [6.07, 6.45) is 7.00. The second-order valence-corrected chi connectivity index (χ2v) is 6.34. The Morgan fingerprint density at radius 1 is 1.33 bits per heavy atom. The fourth-order valence-corrected chi connectivity index (χ4v) is 2.99. The summed E-state index contributed by atoms with van der Waals surface area (Å²) in [7, 11) is -1.72. The highest BCUT2D eigenvalue weighted by atomic mass is 35.5. The molecule has 0 atom stereocenters. The van der Waals surface area contributed by atoms with E-state index in [1.165, 1.54) is 0 Å². The zero-order valence-corrected chi connectivity index (χ0v) is 14.1. The minimum atomic E-state index is -1.72. The third kappa shape index (κ3) is 3.20. The summed E-state index contributed by atoms with van der Waals surface area (Å²) in [5.41, 5.74) is 2.42. The number of anilines is 1. The Morgan fingerprint density at radius 3 is 2.75 bits per heavy atom. The van der Waals surface area contributed by atoms with Gasteiger partial charge in [-0.25, -0.2) is 9.67 Å². The molecule has 0 aliphatic carbocycles. The summed E-state index contributed by atoms with van der Waals surface area (Å²) in [6.45, 7) is 0.839. The number of pyridine rings is 1. The molecule has 0 amide bonds. The molecule has 2 heterocycles. The minimum absolute atomic E-state index is 0.297. The van der Waals surface area contributed by atoms with Crippen LogP contribution in [0, 0.1) is 17.1 Å². The summed E-state index contributed by atoms with van der Waals surface area (Å²) in [6, 6.07) is 8.84. The molecule has 3 aromatic rings. The van der Waals surface area contributed by atoms with Gasteiger partial charge in [-0.05, 0) is 11.6 Å². The van der Waals surface area contributed by atoms with Crippen LogP contribution in [0.25, 0.3) is 11.0 Å². The van der Waals surface area contributed by atoms with E-state index < -0.39 is 10.6 Å². The molecule has 0 spiro atoms. The average Bonchev–Trinajstić information content (AvgIpc) is 2.90. The second-order valence-electron chi connectivity index (χ2n) is 4.98. The van der Waals surface area contributed by atoms with Gasteiger partial charge in [0, 0.05) is 12.7 Å². The molecule has 1 aromatic carbocycles. The van der Waals surface area contributed by atoms with E-state index in [-0.39, 0.29) is 0 Å². The van der Waals surface area contributed by atoms with E-state index in [1.807, 2.05) is 18.2 Å². The first-order chi connectivity index (χ1) is 11.6. The van der Waals surface area contributed by atoms with Crippen LogP contribution in [0.3, 0.4) is 0 Å². The Balaban J connectivity index is 1.86. The lowest BCUT2D eigenvalue weighted by atomic mass is 10.2. The zero-order chi connectivity index (χ0) is 17.1. The number of nitrogens with zero attached hydrogens (tertiary/aromatic N) is 3. The molecule has 0 unspecified atom stereocenters. The van der Waals surface area contributed by atoms with Crippen molar-refractivity contribution in [3.8, 4) is 12.3 Å². The van der Waals surface area contributed by atoms with Gasteiger partial charge in [0.05, 0.1) is 11.1 Å². The van der Waals surface area contributed by atoms with Crippen LogP contribution in [0.1, 0.15) is 5.56 Å². The van der Waals surface area contributed by atoms with Crippen molar-refractivity contribution >= 4 is 38.9 Å². The molecule has 8 heteroatoms. The summed E-state index contributed by atoms with van der Waals surface area (Å²) < 4.78 is 19.9. The normalized spacial score (nSPS) is 10.9. The van der Waals surface area contributed by atoms with Crippen LogP contribution in [0.4, 0.5) is 5.69 Å². The van der Waals surface area contributed by atoms with E-state index in [2.05, 4.69) is 21.3 Å². The van der Waals surface area contributed by atoms with Gasteiger partial charge in [-0.3, -0.25) is 0 Å². The monoisotopic (exact) mass is 358 g/mol. The van der Waals surface area contributed by atoms with Gasteiger partial charge < -0.3 is 14.3 Å². The summed E-state index contributed by atoms with van der Waals surface area (Å²) in [4.78, 5) is 4.77. The van der Waals surface area contributed by atoms with E-state index in [9.17, 15) is 4.21 Å². The maximum absolute atomic E-state index is 11.1. The molecule has 6 nitrogen and oxygen atoms in total. The molecule has 24 heavy (non-hydrogen) atoms. The fourth-order valence-electron chi connectivity index (χ4n) is 2.33. The fraction of sp³-hybridized carbons (Fsp3) is 0.125. The molecule has 0 fully saturated rings. The predicted octanol–water partition coefficient (Wildman–Crippen LogP) is 3.42. The second kappa shape index (κ2) is 6.91. The number of nitrogens with one attached hydrogen (secondary N) is 2. The average molecular weight is 359 g/mol. The Hall–Kier alpha value is -2.56. The quantitative estimate of drug-likeness (QED) is 0.540. The van der Waals surface area contributed by atoms with Gasteiger partial charge in [-0.15, -0.1) is 11.3 Å². The number of benzene rings is 1. The van der Waals surface area contributed by atoms with Gasteiger partial charge in [0.15, 0.2) is 10.8 Å². The maximum atomic E-state index is 11.1. The van der Waals surface area contributed by atoms with Crippen LogP contribution in [0.15, 0.2) is 41.4 Å². The third-order valence-electron chi connectivity index (χ3n) is 3.45. The third-order valence-corrected chi connectivity index (χ3v) is 4.42. The topological polar surface area (TPSA) is 83.7 Å². The molecule has 0 bridgehead atoms. The predicted molar refractivity (Wildman–Crippen MR) is 94.2 cm³/mol. The molecule has 122 valence electrons. The van der Waals surface area contributed by atoms with Gasteiger partial charge in [0.25, 0.3) is 0 Å². The van der Waals surface area contributed by atoms with Crippen LogP contribution >= 0.6 is 11.6 Å². The standard InChI is InChI=1S/C16H13ClN5OS/c1-2-9-22-16-14(15(17)21-22)13(7-8-19-16)20-10-11-3-5-12(6-4-11)24(18)23/h1,3-8,18H,9-10H2,(H,19,20)/q-1. The van der Waals surface area contributed by atoms with Gasteiger partial charge in [-0.2, -0.15) is 15.7 Å². The van der Waals surface area contributed by atoms with E-state index in [4.69, 9.17) is 22.8 Å². The summed E-state index contributed by atoms with van der Waals surface area (Å²) in [5, 5.41) is 8.57. The molecule has 3 rings (SSSR count). The SMILES string of the molecule is C#CCn1nc(Cl)c2c(NCc3ccc([S-](=N)=O)cc3)ccnc21. The van der Waals surface area contributed by atoms with Crippen molar-refractivity contribution in [3.05, 3.63) is 47.2 Å². The lowest BCUT2D eigenvalue weighted by Crippen LogP contribution is -2.01. The van der Waals surface area contributed by atoms with Crippen molar-refractivity contribution in [1.82, 2.24) is 14.8 Å². The van der Waals surface area contributed by atoms with E-state index >= 15 is 0 Å². The number of aromatic nitrogens is 3. The van der Waals surface area contributed by atoms with Gasteiger partial charge in [0.2, 0.25) is 0 Å². The lowest BCUT2D eigenvalue weighted by molar-refractivity contribution is 0.599. The van der Waals surface area contributed by atoms with Crippen molar-refractivity contribution in [2.75, 3.05) is 5.32 Å². The Bertz CT molecular complexity index is 994. The highest BCUT2D eigenvalue weighted by Crippen LogP contribution is 2.29. The smallest absolute Gasteiger partial charge is 0.162 e. The largest absolute Gasteiger partial charge is 0.440 e. The van der Waals surface area contributed by atoms with Gasteiger partial charge in [0.1, 0.15) is 6.54 Å². The van der Waals surface area contributed by atoms with Gasteiger partial charge in [-0.1, -0.05) is 41.8 Å². The van der Waals surface area contributed by atoms with Crippen molar-refractivity contribution in [1.29, 1.82) is 4.78 Å². The number of hydrogen-bond acceptors (Lipinski definition) is 6. The Labute approximate surface area is 145 Å². The van der Waals surface area contributed by atoms with Crippen molar-refractivity contribution < 1.29 is 4.21 Å². The Morgan fingerprint density at radius 2 is 2.08 bits per heavy atom. The van der Waals surface area contributed by atoms with Crippen molar-refractivity contribution in [2.45, 2.75) is 18.0 Å². The van der Waals surface area contributed by atoms with E-state index in [0.717, 1.165) is 16.6 Å². The minimum Gasteiger partial charge on any atom is -0.440 e. The highest BCUT2D eigenvalue weighted by molar-refractivity contribution is 7.73. The number of hydrogen-bond donors (Lipinski definition) is 2. The Kier molecular flexibility index (Phi) is 4.69. The molecular formula is C16H13ClN5OS-. The number of terminal acetylenes is 1. The number of fused-ring (bicyclic) bond motifs is 1. The maximum Gasteiger partial charge on any atom is 0.162 e. The molecule has 2 aromatic heterocycles. The highest BCUT2D eigenvalue weighted by Gasteiger charge is 2.13.